The van der Waals surface area contributed by atoms with Gasteiger partial charge >= 0.3 is 6.09 Å². The van der Waals surface area contributed by atoms with E-state index in [9.17, 15) is 23.3 Å². The number of carbonyl (C=O) groups excluding carboxylic acids is 2. The molecule has 204 valence electrons. The second-order valence-corrected chi connectivity index (χ2v) is 11.2. The van der Waals surface area contributed by atoms with Crippen LogP contribution in [0.1, 0.15) is 31.9 Å². The Bertz CT molecular complexity index is 1520. The zero-order valence-corrected chi connectivity index (χ0v) is 22.9. The van der Waals surface area contributed by atoms with E-state index in [4.69, 9.17) is 20.3 Å². The molecule has 0 bridgehead atoms. The summed E-state index contributed by atoms with van der Waals surface area (Å²) < 4.78 is 34.8. The number of methoxy groups -OCH3 is 1. The number of hydrogen-bond donors (Lipinski definition) is 2. The molecule has 1 atom stereocenters. The van der Waals surface area contributed by atoms with Crippen LogP contribution in [-0.2, 0) is 26.0 Å². The Hall–Kier alpha value is -4.24. The zero-order chi connectivity index (χ0) is 29.0. The Kier molecular flexibility index (Phi) is 8.76. The lowest BCUT2D eigenvalue weighted by Gasteiger charge is -2.26. The predicted octanol–water partition coefficient (Wildman–Crippen LogP) is 3.72. The van der Waals surface area contributed by atoms with Crippen molar-refractivity contribution in [1.82, 2.24) is 0 Å². The number of primary sulfonamides is 1. The van der Waals surface area contributed by atoms with Crippen LogP contribution in [0.25, 0.3) is 11.1 Å². The van der Waals surface area contributed by atoms with Gasteiger partial charge in [-0.15, -0.1) is 0 Å². The molecule has 11 heteroatoms. The van der Waals surface area contributed by atoms with Gasteiger partial charge in [0.25, 0.3) is 5.91 Å². The Morgan fingerprint density at radius 1 is 1.05 bits per heavy atom. The fourth-order valence-electron chi connectivity index (χ4n) is 3.89. The standard InChI is InChI=1S/C28H30N4O6S/c1-28(2,3)38-24-14-9-18(17-29)15-20(24)16-23(30)26(33)32(27(34)37-4)21-12-10-19(11-13-21)22-7-5-6-8-25(22)39(31,35)36/h5-15,23H,16,30H2,1-4H3,(H2,31,35,36)/t23-/m0/s1. The van der Waals surface area contributed by atoms with Gasteiger partial charge in [-0.1, -0.05) is 30.3 Å². The van der Waals surface area contributed by atoms with Crippen molar-refractivity contribution in [2.24, 2.45) is 10.9 Å². The van der Waals surface area contributed by atoms with Crippen LogP contribution in [0.15, 0.2) is 71.6 Å². The maximum Gasteiger partial charge on any atom is 0.420 e. The summed E-state index contributed by atoms with van der Waals surface area (Å²) in [7, 11) is -2.85. The van der Waals surface area contributed by atoms with E-state index < -0.39 is 33.7 Å². The number of nitrogens with two attached hydrogens (primary N) is 2. The molecule has 2 amide bonds. The number of benzene rings is 3. The first kappa shape index (κ1) is 29.3. The first-order valence-electron chi connectivity index (χ1n) is 11.9. The van der Waals surface area contributed by atoms with E-state index in [2.05, 4.69) is 6.07 Å². The lowest BCUT2D eigenvalue weighted by atomic mass is 10.0. The third kappa shape index (κ3) is 7.20. The summed E-state index contributed by atoms with van der Waals surface area (Å²) in [4.78, 5) is 26.9. The molecular formula is C28H30N4O6S. The minimum absolute atomic E-state index is 0.0208. The second-order valence-electron chi connectivity index (χ2n) is 9.69. The van der Waals surface area contributed by atoms with E-state index in [1.807, 2.05) is 20.8 Å². The van der Waals surface area contributed by atoms with Gasteiger partial charge in [-0.3, -0.25) is 4.79 Å². The lowest BCUT2D eigenvalue weighted by molar-refractivity contribution is -0.119. The summed E-state index contributed by atoms with van der Waals surface area (Å²) >= 11 is 0. The average Bonchev–Trinajstić information content (AvgIpc) is 2.88. The molecule has 0 saturated heterocycles. The van der Waals surface area contributed by atoms with Crippen molar-refractivity contribution in [3.8, 4) is 22.9 Å². The van der Waals surface area contributed by atoms with E-state index in [0.717, 1.165) is 12.0 Å². The highest BCUT2D eigenvalue weighted by molar-refractivity contribution is 7.89. The van der Waals surface area contributed by atoms with Crippen LogP contribution >= 0.6 is 0 Å². The van der Waals surface area contributed by atoms with Gasteiger partial charge in [0, 0.05) is 12.0 Å². The average molecular weight is 551 g/mol. The molecule has 0 radical (unpaired) electrons. The van der Waals surface area contributed by atoms with Gasteiger partial charge in [-0.25, -0.2) is 23.3 Å². The van der Waals surface area contributed by atoms with Gasteiger partial charge in [0.1, 0.15) is 11.4 Å². The summed E-state index contributed by atoms with van der Waals surface area (Å²) in [5.74, 6) is -0.282. The number of anilines is 1. The topological polar surface area (TPSA) is 166 Å². The number of rotatable bonds is 7. The Morgan fingerprint density at radius 3 is 2.26 bits per heavy atom. The molecule has 4 N–H and O–H groups in total. The fraction of sp³-hybridized carbons (Fsp3) is 0.250. The normalized spacial score (nSPS) is 12.2. The van der Waals surface area contributed by atoms with Gasteiger partial charge in [0.15, 0.2) is 0 Å². The van der Waals surface area contributed by atoms with E-state index in [-0.39, 0.29) is 17.0 Å². The maximum atomic E-state index is 13.4. The highest BCUT2D eigenvalue weighted by Gasteiger charge is 2.30. The van der Waals surface area contributed by atoms with Crippen LogP contribution in [0.2, 0.25) is 0 Å². The molecule has 0 aromatic heterocycles. The number of amides is 2. The zero-order valence-electron chi connectivity index (χ0n) is 22.0. The van der Waals surface area contributed by atoms with Crippen molar-refractivity contribution in [1.29, 1.82) is 5.26 Å². The Morgan fingerprint density at radius 2 is 1.69 bits per heavy atom. The smallest absolute Gasteiger partial charge is 0.420 e. The number of imide groups is 1. The predicted molar refractivity (Wildman–Crippen MR) is 146 cm³/mol. The van der Waals surface area contributed by atoms with Crippen LogP contribution in [0, 0.1) is 11.3 Å². The van der Waals surface area contributed by atoms with Crippen LogP contribution < -0.4 is 20.5 Å². The summed E-state index contributed by atoms with van der Waals surface area (Å²) in [6, 6.07) is 18.0. The van der Waals surface area contributed by atoms with Crippen molar-refractivity contribution in [3.63, 3.8) is 0 Å². The minimum Gasteiger partial charge on any atom is -0.488 e. The number of nitrogens with zero attached hydrogens (tertiary/aromatic N) is 2. The first-order valence-corrected chi connectivity index (χ1v) is 13.4. The van der Waals surface area contributed by atoms with E-state index in [0.29, 0.717) is 28.0 Å². The van der Waals surface area contributed by atoms with Crippen molar-refractivity contribution in [2.75, 3.05) is 12.0 Å². The van der Waals surface area contributed by atoms with Crippen LogP contribution in [0.5, 0.6) is 5.75 Å². The van der Waals surface area contributed by atoms with Gasteiger partial charge in [-0.05, 0) is 68.3 Å². The van der Waals surface area contributed by atoms with Gasteiger partial charge in [0.05, 0.1) is 35.4 Å². The summed E-state index contributed by atoms with van der Waals surface area (Å²) in [5.41, 5.74) is 7.66. The monoisotopic (exact) mass is 550 g/mol. The van der Waals surface area contributed by atoms with E-state index >= 15 is 0 Å². The molecule has 0 aliphatic carbocycles. The van der Waals surface area contributed by atoms with Gasteiger partial charge < -0.3 is 15.2 Å². The van der Waals surface area contributed by atoms with Gasteiger partial charge in [0.2, 0.25) is 10.0 Å². The summed E-state index contributed by atoms with van der Waals surface area (Å²) in [6.07, 6.45) is -0.974. The number of sulfonamides is 1. The Balaban J connectivity index is 1.94. The molecule has 0 aliphatic rings. The molecule has 0 saturated carbocycles. The van der Waals surface area contributed by atoms with Crippen molar-refractivity contribution < 1.29 is 27.5 Å². The van der Waals surface area contributed by atoms with Crippen LogP contribution in [0.3, 0.4) is 0 Å². The summed E-state index contributed by atoms with van der Waals surface area (Å²) in [5, 5.41) is 14.7. The number of ether oxygens (including phenoxy) is 2. The number of nitriles is 1. The quantitative estimate of drug-likeness (QED) is 0.449. The molecule has 0 spiro atoms. The number of carbonyl (C=O) groups is 2. The SMILES string of the molecule is COC(=O)N(C(=O)[C@@H](N)Cc1cc(C#N)ccc1OC(C)(C)C)c1ccc(-c2ccccc2S(N)(=O)=O)cc1. The molecule has 3 aromatic rings. The first-order chi connectivity index (χ1) is 18.2. The molecule has 39 heavy (non-hydrogen) atoms. The minimum atomic E-state index is -3.99. The highest BCUT2D eigenvalue weighted by Crippen LogP contribution is 2.30. The fourth-order valence-corrected chi connectivity index (χ4v) is 4.65. The molecule has 3 rings (SSSR count). The van der Waals surface area contributed by atoms with Crippen LogP contribution in [-0.4, -0.2) is 39.2 Å². The van der Waals surface area contributed by atoms with E-state index in [1.165, 1.54) is 18.2 Å². The Labute approximate surface area is 227 Å². The van der Waals surface area contributed by atoms with Gasteiger partial charge in [-0.2, -0.15) is 5.26 Å². The summed E-state index contributed by atoms with van der Waals surface area (Å²) in [6.45, 7) is 5.60. The maximum absolute atomic E-state index is 13.4. The third-order valence-electron chi connectivity index (χ3n) is 5.57. The molecule has 0 fully saturated rings. The van der Waals surface area contributed by atoms with Crippen LogP contribution in [0.4, 0.5) is 10.5 Å². The third-order valence-corrected chi connectivity index (χ3v) is 6.54. The molecular weight excluding hydrogens is 520 g/mol. The van der Waals surface area contributed by atoms with Crippen molar-refractivity contribution in [2.45, 2.75) is 43.7 Å². The largest absolute Gasteiger partial charge is 0.488 e. The highest BCUT2D eigenvalue weighted by atomic mass is 32.2. The second kappa shape index (κ2) is 11.7. The van der Waals surface area contributed by atoms with E-state index in [1.54, 1.807) is 48.5 Å². The molecule has 10 nitrogen and oxygen atoms in total. The molecule has 0 unspecified atom stereocenters. The number of hydrogen-bond acceptors (Lipinski definition) is 8. The lowest BCUT2D eigenvalue weighted by Crippen LogP contribution is -2.48. The molecule has 0 aliphatic heterocycles. The van der Waals surface area contributed by atoms with Crippen molar-refractivity contribution >= 4 is 27.7 Å². The van der Waals surface area contributed by atoms with Crippen molar-refractivity contribution in [3.05, 3.63) is 77.9 Å². The molecule has 3 aromatic carbocycles. The molecule has 0 heterocycles.